The number of rotatable bonds is 6. The van der Waals surface area contributed by atoms with Crippen LogP contribution in [0.5, 0.6) is 23.0 Å². The van der Waals surface area contributed by atoms with E-state index in [4.69, 9.17) is 18.9 Å². The first-order chi connectivity index (χ1) is 9.97. The highest BCUT2D eigenvalue weighted by molar-refractivity contribution is 5.56. The van der Waals surface area contributed by atoms with E-state index in [0.717, 1.165) is 12.2 Å². The molecule has 1 fully saturated rings. The van der Waals surface area contributed by atoms with Crippen molar-refractivity contribution in [3.8, 4) is 23.0 Å². The molecule has 1 aliphatic rings. The van der Waals surface area contributed by atoms with E-state index in [2.05, 4.69) is 19.2 Å². The Kier molecular flexibility index (Phi) is 4.52. The van der Waals surface area contributed by atoms with Gasteiger partial charge in [-0.05, 0) is 7.05 Å². The summed E-state index contributed by atoms with van der Waals surface area (Å²) in [6.07, 6.45) is 1.15. The summed E-state index contributed by atoms with van der Waals surface area (Å²) in [4.78, 5) is 0. The van der Waals surface area contributed by atoms with Crippen molar-refractivity contribution < 1.29 is 18.9 Å². The molecule has 5 heteroatoms. The number of hydrogen-bond donors (Lipinski definition) is 1. The normalized spacial score (nSPS) is 23.1. The Bertz CT molecular complexity index is 476. The van der Waals surface area contributed by atoms with E-state index in [0.29, 0.717) is 23.3 Å². The van der Waals surface area contributed by atoms with E-state index in [1.807, 2.05) is 19.2 Å². The maximum absolute atomic E-state index is 6.13. The van der Waals surface area contributed by atoms with E-state index in [1.165, 1.54) is 0 Å². The highest BCUT2D eigenvalue weighted by atomic mass is 16.5. The molecule has 0 saturated heterocycles. The smallest absolute Gasteiger partial charge is 0.203 e. The standard InChI is InChI=1S/C16H25NO4/c1-16(2)13(17-3)9-14(16)21-10-7-11(18-4)15(20-6)12(8-10)19-5/h7-8,13-14,17H,9H2,1-6H3. The van der Waals surface area contributed by atoms with Gasteiger partial charge in [0.1, 0.15) is 11.9 Å². The molecule has 0 aliphatic heterocycles. The SMILES string of the molecule is CNC1CC(Oc2cc(OC)c(OC)c(OC)c2)C1(C)C. The first-order valence-electron chi connectivity index (χ1n) is 7.11. The molecule has 0 aromatic heterocycles. The van der Waals surface area contributed by atoms with Gasteiger partial charge in [-0.2, -0.15) is 0 Å². The molecule has 1 aromatic rings. The summed E-state index contributed by atoms with van der Waals surface area (Å²) < 4.78 is 22.1. The van der Waals surface area contributed by atoms with Crippen LogP contribution in [0.25, 0.3) is 0 Å². The topological polar surface area (TPSA) is 49.0 Å². The van der Waals surface area contributed by atoms with Gasteiger partial charge in [-0.3, -0.25) is 0 Å². The van der Waals surface area contributed by atoms with Crippen molar-refractivity contribution in [1.82, 2.24) is 5.32 Å². The lowest BCUT2D eigenvalue weighted by atomic mass is 9.64. The lowest BCUT2D eigenvalue weighted by molar-refractivity contribution is -0.0522. The predicted molar refractivity (Wildman–Crippen MR) is 81.8 cm³/mol. The molecule has 0 radical (unpaired) electrons. The monoisotopic (exact) mass is 295 g/mol. The zero-order valence-electron chi connectivity index (χ0n) is 13.6. The van der Waals surface area contributed by atoms with Crippen molar-refractivity contribution in [2.24, 2.45) is 5.41 Å². The lowest BCUT2D eigenvalue weighted by Gasteiger charge is -2.51. The molecular formula is C16H25NO4. The summed E-state index contributed by atoms with van der Waals surface area (Å²) in [6.45, 7) is 4.42. The Morgan fingerprint density at radius 1 is 1.05 bits per heavy atom. The van der Waals surface area contributed by atoms with Gasteiger partial charge in [0, 0.05) is 30.0 Å². The molecule has 1 N–H and O–H groups in total. The van der Waals surface area contributed by atoms with Crippen LogP contribution in [0.3, 0.4) is 0 Å². The molecule has 1 aromatic carbocycles. The van der Waals surface area contributed by atoms with Crippen molar-refractivity contribution in [1.29, 1.82) is 0 Å². The summed E-state index contributed by atoms with van der Waals surface area (Å²) in [5.74, 6) is 2.52. The van der Waals surface area contributed by atoms with E-state index in [-0.39, 0.29) is 11.5 Å². The van der Waals surface area contributed by atoms with E-state index < -0.39 is 0 Å². The van der Waals surface area contributed by atoms with Gasteiger partial charge in [0.15, 0.2) is 11.5 Å². The van der Waals surface area contributed by atoms with Gasteiger partial charge < -0.3 is 24.3 Å². The maximum atomic E-state index is 6.13. The quantitative estimate of drug-likeness (QED) is 0.873. The molecule has 1 aliphatic carbocycles. The average molecular weight is 295 g/mol. The molecule has 1 saturated carbocycles. The molecule has 0 amide bonds. The van der Waals surface area contributed by atoms with Crippen molar-refractivity contribution in [2.45, 2.75) is 32.4 Å². The summed E-state index contributed by atoms with van der Waals surface area (Å²) >= 11 is 0. The van der Waals surface area contributed by atoms with Crippen LogP contribution in [0.4, 0.5) is 0 Å². The van der Waals surface area contributed by atoms with Crippen molar-refractivity contribution in [2.75, 3.05) is 28.4 Å². The van der Waals surface area contributed by atoms with Crippen molar-refractivity contribution in [3.63, 3.8) is 0 Å². The highest BCUT2D eigenvalue weighted by Crippen LogP contribution is 2.46. The molecular weight excluding hydrogens is 270 g/mol. The molecule has 118 valence electrons. The number of benzene rings is 1. The minimum absolute atomic E-state index is 0.0924. The first-order valence-corrected chi connectivity index (χ1v) is 7.11. The van der Waals surface area contributed by atoms with Crippen LogP contribution in [0.1, 0.15) is 20.3 Å². The molecule has 21 heavy (non-hydrogen) atoms. The maximum Gasteiger partial charge on any atom is 0.203 e. The first kappa shape index (κ1) is 15.8. The molecule has 5 nitrogen and oxygen atoms in total. The zero-order chi connectivity index (χ0) is 15.6. The minimum Gasteiger partial charge on any atom is -0.493 e. The second kappa shape index (κ2) is 6.02. The summed E-state index contributed by atoms with van der Waals surface area (Å²) in [5.41, 5.74) is 0.0924. The second-order valence-electron chi connectivity index (χ2n) is 5.87. The third kappa shape index (κ3) is 2.75. The number of methoxy groups -OCH3 is 3. The van der Waals surface area contributed by atoms with Crippen LogP contribution in [-0.2, 0) is 0 Å². The van der Waals surface area contributed by atoms with Gasteiger partial charge in [0.2, 0.25) is 5.75 Å². The third-order valence-electron chi connectivity index (χ3n) is 4.44. The molecule has 0 heterocycles. The number of nitrogens with one attached hydrogen (secondary N) is 1. The summed E-state index contributed by atoms with van der Waals surface area (Å²) in [7, 11) is 6.78. The Balaban J connectivity index is 2.22. The van der Waals surface area contributed by atoms with Crippen molar-refractivity contribution >= 4 is 0 Å². The Hall–Kier alpha value is -1.62. The largest absolute Gasteiger partial charge is 0.493 e. The van der Waals surface area contributed by atoms with Crippen LogP contribution < -0.4 is 24.3 Å². The summed E-state index contributed by atoms with van der Waals surface area (Å²) in [5, 5.41) is 3.32. The van der Waals surface area contributed by atoms with Gasteiger partial charge in [0.05, 0.1) is 21.3 Å². The molecule has 2 unspecified atom stereocenters. The highest BCUT2D eigenvalue weighted by Gasteiger charge is 2.49. The lowest BCUT2D eigenvalue weighted by Crippen LogP contribution is -2.61. The molecule has 2 atom stereocenters. The fourth-order valence-corrected chi connectivity index (χ4v) is 2.86. The van der Waals surface area contributed by atoms with Gasteiger partial charge in [0.25, 0.3) is 0 Å². The van der Waals surface area contributed by atoms with Crippen LogP contribution in [0, 0.1) is 5.41 Å². The second-order valence-corrected chi connectivity index (χ2v) is 5.87. The van der Waals surface area contributed by atoms with Gasteiger partial charge in [-0.1, -0.05) is 13.8 Å². The molecule has 0 spiro atoms. The average Bonchev–Trinajstić information content (AvgIpc) is 2.49. The molecule has 0 bridgehead atoms. The van der Waals surface area contributed by atoms with Gasteiger partial charge >= 0.3 is 0 Å². The number of hydrogen-bond acceptors (Lipinski definition) is 5. The van der Waals surface area contributed by atoms with Crippen LogP contribution in [0.2, 0.25) is 0 Å². The van der Waals surface area contributed by atoms with Gasteiger partial charge in [-0.25, -0.2) is 0 Å². The fourth-order valence-electron chi connectivity index (χ4n) is 2.86. The minimum atomic E-state index is 0.0924. The molecule has 2 rings (SSSR count). The van der Waals surface area contributed by atoms with E-state index >= 15 is 0 Å². The fraction of sp³-hybridized carbons (Fsp3) is 0.625. The van der Waals surface area contributed by atoms with Crippen LogP contribution in [0.15, 0.2) is 12.1 Å². The Morgan fingerprint density at radius 3 is 2.00 bits per heavy atom. The van der Waals surface area contributed by atoms with Crippen molar-refractivity contribution in [3.05, 3.63) is 12.1 Å². The van der Waals surface area contributed by atoms with E-state index in [9.17, 15) is 0 Å². The zero-order valence-corrected chi connectivity index (χ0v) is 13.6. The van der Waals surface area contributed by atoms with Crippen LogP contribution >= 0.6 is 0 Å². The van der Waals surface area contributed by atoms with Crippen LogP contribution in [-0.4, -0.2) is 40.5 Å². The predicted octanol–water partition coefficient (Wildman–Crippen LogP) is 2.48. The Labute approximate surface area is 126 Å². The summed E-state index contributed by atoms with van der Waals surface area (Å²) in [6, 6.07) is 4.15. The Morgan fingerprint density at radius 2 is 1.62 bits per heavy atom. The number of ether oxygens (including phenoxy) is 4. The van der Waals surface area contributed by atoms with Gasteiger partial charge in [-0.15, -0.1) is 0 Å². The third-order valence-corrected chi connectivity index (χ3v) is 4.44. The van der Waals surface area contributed by atoms with E-state index in [1.54, 1.807) is 21.3 Å².